The molecule has 1 aromatic rings. The highest BCUT2D eigenvalue weighted by molar-refractivity contribution is 5.21. The molecule has 0 amide bonds. The second-order valence-corrected chi connectivity index (χ2v) is 4.88. The maximum Gasteiger partial charge on any atom is 0.126 e. The van der Waals surface area contributed by atoms with E-state index in [1.54, 1.807) is 0 Å². The van der Waals surface area contributed by atoms with Crippen LogP contribution < -0.4 is 5.32 Å². The zero-order chi connectivity index (χ0) is 13.0. The number of halogens is 2. The summed E-state index contributed by atoms with van der Waals surface area (Å²) in [7, 11) is 0. The molecule has 1 aliphatic carbocycles. The van der Waals surface area contributed by atoms with Crippen LogP contribution in [0, 0.1) is 11.6 Å². The number of nitrogens with one attached hydrogen (secondary N) is 1. The van der Waals surface area contributed by atoms with Gasteiger partial charge in [-0.1, -0.05) is 11.6 Å². The Kier molecular flexibility index (Phi) is 4.48. The molecule has 98 valence electrons. The fourth-order valence-corrected chi connectivity index (χ4v) is 2.36. The Hall–Kier alpha value is -1.22. The van der Waals surface area contributed by atoms with E-state index in [2.05, 4.69) is 11.4 Å². The number of hydrogen-bond acceptors (Lipinski definition) is 1. The average molecular weight is 251 g/mol. The monoisotopic (exact) mass is 251 g/mol. The highest BCUT2D eigenvalue weighted by Gasteiger charge is 2.09. The molecule has 0 saturated carbocycles. The van der Waals surface area contributed by atoms with Gasteiger partial charge in [0.15, 0.2) is 0 Å². The van der Waals surface area contributed by atoms with Crippen molar-refractivity contribution < 1.29 is 8.78 Å². The molecule has 0 heterocycles. The smallest absolute Gasteiger partial charge is 0.126 e. The van der Waals surface area contributed by atoms with Gasteiger partial charge < -0.3 is 5.32 Å². The van der Waals surface area contributed by atoms with Crippen LogP contribution in [0.15, 0.2) is 29.8 Å². The molecule has 1 unspecified atom stereocenters. The summed E-state index contributed by atoms with van der Waals surface area (Å²) in [5.74, 6) is -1.03. The zero-order valence-electron chi connectivity index (χ0n) is 10.7. The fraction of sp³-hybridized carbons (Fsp3) is 0.467. The number of hydrogen-bond donors (Lipinski definition) is 1. The van der Waals surface area contributed by atoms with Crippen molar-refractivity contribution in [1.29, 1.82) is 0 Å². The maximum absolute atomic E-state index is 13.1. The van der Waals surface area contributed by atoms with E-state index in [1.165, 1.54) is 37.0 Å². The Morgan fingerprint density at radius 3 is 2.56 bits per heavy atom. The summed E-state index contributed by atoms with van der Waals surface area (Å²) in [5.41, 5.74) is 2.16. The van der Waals surface area contributed by atoms with E-state index in [1.807, 2.05) is 6.92 Å². The quantitative estimate of drug-likeness (QED) is 0.776. The minimum absolute atomic E-state index is 0.0304. The van der Waals surface area contributed by atoms with Crippen LogP contribution in [0.3, 0.4) is 0 Å². The topological polar surface area (TPSA) is 12.0 Å². The SMILES string of the molecule is CC(NCCC1=CCCC1)c1cc(F)cc(F)c1. The molecule has 2 rings (SSSR count). The van der Waals surface area contributed by atoms with Gasteiger partial charge in [-0.3, -0.25) is 0 Å². The highest BCUT2D eigenvalue weighted by Crippen LogP contribution is 2.21. The predicted octanol–water partition coefficient (Wildman–Crippen LogP) is 4.12. The summed E-state index contributed by atoms with van der Waals surface area (Å²) in [5, 5.41) is 3.31. The molecule has 1 aromatic carbocycles. The molecule has 0 saturated heterocycles. The van der Waals surface area contributed by atoms with E-state index in [-0.39, 0.29) is 6.04 Å². The normalized spacial score (nSPS) is 16.7. The first-order valence-corrected chi connectivity index (χ1v) is 6.52. The minimum Gasteiger partial charge on any atom is -0.310 e. The predicted molar refractivity (Wildman–Crippen MR) is 69.3 cm³/mol. The largest absolute Gasteiger partial charge is 0.310 e. The molecule has 18 heavy (non-hydrogen) atoms. The molecule has 0 radical (unpaired) electrons. The van der Waals surface area contributed by atoms with Gasteiger partial charge in [-0.15, -0.1) is 0 Å². The van der Waals surface area contributed by atoms with Crippen LogP contribution in [0.4, 0.5) is 8.78 Å². The van der Waals surface area contributed by atoms with E-state index < -0.39 is 11.6 Å². The van der Waals surface area contributed by atoms with Gasteiger partial charge in [0.1, 0.15) is 11.6 Å². The van der Waals surface area contributed by atoms with Crippen molar-refractivity contribution in [2.75, 3.05) is 6.54 Å². The van der Waals surface area contributed by atoms with Gasteiger partial charge in [-0.05, 0) is 56.8 Å². The first-order chi connectivity index (χ1) is 8.65. The van der Waals surface area contributed by atoms with Crippen LogP contribution in [-0.2, 0) is 0 Å². The highest BCUT2D eigenvalue weighted by atomic mass is 19.1. The summed E-state index contributed by atoms with van der Waals surface area (Å²) in [6.07, 6.45) is 6.99. The molecule has 0 aromatic heterocycles. The van der Waals surface area contributed by atoms with Gasteiger partial charge in [-0.2, -0.15) is 0 Å². The maximum atomic E-state index is 13.1. The molecular formula is C15H19F2N. The Morgan fingerprint density at radius 2 is 1.94 bits per heavy atom. The molecular weight excluding hydrogens is 232 g/mol. The van der Waals surface area contributed by atoms with Gasteiger partial charge in [0, 0.05) is 12.1 Å². The van der Waals surface area contributed by atoms with E-state index in [0.717, 1.165) is 19.0 Å². The van der Waals surface area contributed by atoms with E-state index in [9.17, 15) is 8.78 Å². The van der Waals surface area contributed by atoms with Gasteiger partial charge in [0.05, 0.1) is 0 Å². The summed E-state index contributed by atoms with van der Waals surface area (Å²) in [6, 6.07) is 3.64. The molecule has 0 spiro atoms. The second-order valence-electron chi connectivity index (χ2n) is 4.88. The van der Waals surface area contributed by atoms with Crippen LogP contribution in [0.2, 0.25) is 0 Å². The molecule has 3 heteroatoms. The average Bonchev–Trinajstić information content (AvgIpc) is 2.80. The Balaban J connectivity index is 1.85. The molecule has 0 aliphatic heterocycles. The van der Waals surface area contributed by atoms with Crippen molar-refractivity contribution in [3.63, 3.8) is 0 Å². The lowest BCUT2D eigenvalue weighted by Crippen LogP contribution is -2.20. The number of benzene rings is 1. The summed E-state index contributed by atoms with van der Waals surface area (Å²) in [4.78, 5) is 0. The van der Waals surface area contributed by atoms with Crippen LogP contribution >= 0.6 is 0 Å². The van der Waals surface area contributed by atoms with Crippen LogP contribution in [0.5, 0.6) is 0 Å². The van der Waals surface area contributed by atoms with Gasteiger partial charge >= 0.3 is 0 Å². The lowest BCUT2D eigenvalue weighted by Gasteiger charge is -2.14. The third kappa shape index (κ3) is 3.64. The van der Waals surface area contributed by atoms with Crippen molar-refractivity contribution in [3.8, 4) is 0 Å². The molecule has 0 bridgehead atoms. The summed E-state index contributed by atoms with van der Waals surface area (Å²) < 4.78 is 26.2. The van der Waals surface area contributed by atoms with Crippen LogP contribution in [0.25, 0.3) is 0 Å². The standard InChI is InChI=1S/C15H19F2N/c1-11(13-8-14(16)10-15(17)9-13)18-7-6-12-4-2-3-5-12/h4,8-11,18H,2-3,5-7H2,1H3. The molecule has 1 aliphatic rings. The van der Waals surface area contributed by atoms with Gasteiger partial charge in [-0.25, -0.2) is 8.78 Å². The molecule has 0 fully saturated rings. The van der Waals surface area contributed by atoms with E-state index in [0.29, 0.717) is 5.56 Å². The zero-order valence-corrected chi connectivity index (χ0v) is 10.7. The van der Waals surface area contributed by atoms with Crippen molar-refractivity contribution in [2.24, 2.45) is 0 Å². The Labute approximate surface area is 107 Å². The molecule has 1 N–H and O–H groups in total. The fourth-order valence-electron chi connectivity index (χ4n) is 2.36. The Morgan fingerprint density at radius 1 is 1.22 bits per heavy atom. The third-order valence-corrected chi connectivity index (χ3v) is 3.42. The van der Waals surface area contributed by atoms with Crippen LogP contribution in [0.1, 0.15) is 44.2 Å². The molecule has 1 nitrogen and oxygen atoms in total. The second kappa shape index (κ2) is 6.10. The Bertz CT molecular complexity index is 420. The molecule has 1 atom stereocenters. The van der Waals surface area contributed by atoms with Crippen molar-refractivity contribution in [3.05, 3.63) is 47.0 Å². The van der Waals surface area contributed by atoms with Gasteiger partial charge in [0.25, 0.3) is 0 Å². The van der Waals surface area contributed by atoms with Crippen LogP contribution in [-0.4, -0.2) is 6.54 Å². The summed E-state index contributed by atoms with van der Waals surface area (Å²) in [6.45, 7) is 2.78. The first-order valence-electron chi connectivity index (χ1n) is 6.52. The van der Waals surface area contributed by atoms with Crippen molar-refractivity contribution >= 4 is 0 Å². The number of rotatable bonds is 5. The minimum atomic E-state index is -0.517. The van der Waals surface area contributed by atoms with Gasteiger partial charge in [0.2, 0.25) is 0 Å². The lowest BCUT2D eigenvalue weighted by atomic mass is 10.1. The van der Waals surface area contributed by atoms with E-state index >= 15 is 0 Å². The third-order valence-electron chi connectivity index (χ3n) is 3.42. The lowest BCUT2D eigenvalue weighted by molar-refractivity contribution is 0.545. The first kappa shape index (κ1) is 13.2. The summed E-state index contributed by atoms with van der Waals surface area (Å²) >= 11 is 0. The van der Waals surface area contributed by atoms with Crippen molar-refractivity contribution in [2.45, 2.75) is 38.6 Å². The van der Waals surface area contributed by atoms with E-state index in [4.69, 9.17) is 0 Å². The van der Waals surface area contributed by atoms with Crippen molar-refractivity contribution in [1.82, 2.24) is 5.32 Å². The number of allylic oxidation sites excluding steroid dienone is 1.